The van der Waals surface area contributed by atoms with Gasteiger partial charge in [0.1, 0.15) is 5.69 Å². The van der Waals surface area contributed by atoms with E-state index in [1.807, 2.05) is 0 Å². The molecule has 0 aliphatic rings. The number of aromatic nitrogens is 3. The van der Waals surface area contributed by atoms with Crippen molar-refractivity contribution in [3.8, 4) is 11.8 Å². The van der Waals surface area contributed by atoms with Gasteiger partial charge in [-0.25, -0.2) is 19.2 Å². The second-order valence-corrected chi connectivity index (χ2v) is 4.16. The van der Waals surface area contributed by atoms with Crippen molar-refractivity contribution in [2.24, 2.45) is 0 Å². The number of rotatable bonds is 1. The molecule has 0 fully saturated rings. The van der Waals surface area contributed by atoms with E-state index in [1.165, 1.54) is 24.4 Å². The summed E-state index contributed by atoms with van der Waals surface area (Å²) in [6, 6.07) is 5.80. The average Bonchev–Trinajstić information content (AvgIpc) is 2.89. The van der Waals surface area contributed by atoms with Crippen molar-refractivity contribution < 1.29 is 14.3 Å². The molecule has 0 radical (unpaired) electrons. The molecule has 3 rings (SSSR count). The van der Waals surface area contributed by atoms with Crippen molar-refractivity contribution in [3.63, 3.8) is 0 Å². The number of nitrogens with zero attached hydrogens (tertiary/aromatic N) is 3. The molecule has 1 N–H and O–H groups in total. The summed E-state index contributed by atoms with van der Waals surface area (Å²) < 4.78 is 15.6. The van der Waals surface area contributed by atoms with E-state index in [-0.39, 0.29) is 5.56 Å². The first-order chi connectivity index (χ1) is 10.2. The number of hydrogen-bond acceptors (Lipinski definition) is 3. The van der Waals surface area contributed by atoms with Crippen LogP contribution in [0.1, 0.15) is 21.6 Å². The van der Waals surface area contributed by atoms with Gasteiger partial charge in [0, 0.05) is 12.4 Å². The number of fused-ring (bicyclic) bond motifs is 1. The van der Waals surface area contributed by atoms with Gasteiger partial charge in [-0.3, -0.25) is 4.40 Å². The molecule has 0 aliphatic carbocycles. The molecule has 2 heterocycles. The highest BCUT2D eigenvalue weighted by molar-refractivity contribution is 5.88. The van der Waals surface area contributed by atoms with Crippen LogP contribution in [-0.4, -0.2) is 25.4 Å². The minimum absolute atomic E-state index is 0.0220. The number of hydrogen-bond donors (Lipinski definition) is 1. The summed E-state index contributed by atoms with van der Waals surface area (Å²) in [5.74, 6) is 3.71. The average molecular weight is 281 g/mol. The van der Waals surface area contributed by atoms with Crippen LogP contribution in [0.2, 0.25) is 0 Å². The molecule has 6 heteroatoms. The molecule has 21 heavy (non-hydrogen) atoms. The predicted molar refractivity (Wildman–Crippen MR) is 72.3 cm³/mol. The van der Waals surface area contributed by atoms with Crippen LogP contribution in [0.15, 0.2) is 42.9 Å². The molecule has 0 amide bonds. The van der Waals surface area contributed by atoms with Gasteiger partial charge in [0.15, 0.2) is 5.82 Å². The molecule has 0 saturated carbocycles. The zero-order valence-corrected chi connectivity index (χ0v) is 10.6. The normalized spacial score (nSPS) is 10.1. The lowest BCUT2D eigenvalue weighted by molar-refractivity contribution is 0.0692. The molecule has 0 atom stereocenters. The Morgan fingerprint density at radius 3 is 2.90 bits per heavy atom. The number of carboxylic acid groups (broad SMARTS) is 1. The Balaban J connectivity index is 2.06. The standard InChI is InChI=1S/C15H8FN3O2/c16-13-10(3-1-4-12(13)14(20)21)5-6-11-9-18-15-17-7-2-8-19(11)15/h1-4,7-9H,(H,20,21). The topological polar surface area (TPSA) is 67.5 Å². The second-order valence-electron chi connectivity index (χ2n) is 4.16. The Hall–Kier alpha value is -3.20. The molecule has 0 spiro atoms. The first-order valence-electron chi connectivity index (χ1n) is 5.99. The van der Waals surface area contributed by atoms with Gasteiger partial charge in [-0.1, -0.05) is 12.0 Å². The van der Waals surface area contributed by atoms with E-state index < -0.39 is 17.3 Å². The van der Waals surface area contributed by atoms with Crippen LogP contribution in [0.3, 0.4) is 0 Å². The molecular weight excluding hydrogens is 273 g/mol. The second kappa shape index (κ2) is 5.06. The highest BCUT2D eigenvalue weighted by Crippen LogP contribution is 2.12. The Kier molecular flexibility index (Phi) is 3.09. The van der Waals surface area contributed by atoms with Gasteiger partial charge in [0.2, 0.25) is 5.78 Å². The minimum atomic E-state index is -1.32. The maximum absolute atomic E-state index is 13.9. The van der Waals surface area contributed by atoms with Crippen LogP contribution in [0, 0.1) is 17.7 Å². The number of imidazole rings is 1. The van der Waals surface area contributed by atoms with E-state index >= 15 is 0 Å². The van der Waals surface area contributed by atoms with E-state index in [0.717, 1.165) is 0 Å². The van der Waals surface area contributed by atoms with E-state index in [4.69, 9.17) is 5.11 Å². The highest BCUT2D eigenvalue weighted by Gasteiger charge is 2.12. The number of carbonyl (C=O) groups is 1. The van der Waals surface area contributed by atoms with Gasteiger partial charge in [0.05, 0.1) is 17.3 Å². The zero-order valence-electron chi connectivity index (χ0n) is 10.6. The summed E-state index contributed by atoms with van der Waals surface area (Å²) >= 11 is 0. The predicted octanol–water partition coefficient (Wildman–Crippen LogP) is 1.97. The van der Waals surface area contributed by atoms with Crippen LogP contribution in [0.4, 0.5) is 4.39 Å². The fourth-order valence-corrected chi connectivity index (χ4v) is 1.85. The zero-order chi connectivity index (χ0) is 14.8. The van der Waals surface area contributed by atoms with Crippen LogP contribution < -0.4 is 0 Å². The molecule has 0 unspecified atom stereocenters. The summed E-state index contributed by atoms with van der Waals surface area (Å²) in [4.78, 5) is 19.0. The molecule has 5 nitrogen and oxygen atoms in total. The first kappa shape index (κ1) is 12.8. The largest absolute Gasteiger partial charge is 0.478 e. The summed E-state index contributed by atoms with van der Waals surface area (Å²) in [7, 11) is 0. The quantitative estimate of drug-likeness (QED) is 0.692. The van der Waals surface area contributed by atoms with Gasteiger partial charge >= 0.3 is 5.97 Å². The van der Waals surface area contributed by atoms with E-state index in [9.17, 15) is 9.18 Å². The minimum Gasteiger partial charge on any atom is -0.478 e. The van der Waals surface area contributed by atoms with Crippen molar-refractivity contribution in [2.45, 2.75) is 0 Å². The van der Waals surface area contributed by atoms with Crippen molar-refractivity contribution in [3.05, 3.63) is 65.5 Å². The van der Waals surface area contributed by atoms with Crippen molar-refractivity contribution in [1.82, 2.24) is 14.4 Å². The van der Waals surface area contributed by atoms with Crippen LogP contribution >= 0.6 is 0 Å². The molecule has 1 aromatic carbocycles. The smallest absolute Gasteiger partial charge is 0.338 e. The third-order valence-corrected chi connectivity index (χ3v) is 2.84. The molecular formula is C15H8FN3O2. The lowest BCUT2D eigenvalue weighted by Gasteiger charge is -1.98. The fourth-order valence-electron chi connectivity index (χ4n) is 1.85. The first-order valence-corrected chi connectivity index (χ1v) is 5.99. The number of halogens is 1. The SMILES string of the molecule is O=C(O)c1cccc(C#Cc2cnc3ncccn23)c1F. The Labute approximate surface area is 118 Å². The van der Waals surface area contributed by atoms with E-state index in [0.29, 0.717) is 11.5 Å². The van der Waals surface area contributed by atoms with Crippen LogP contribution in [0.25, 0.3) is 5.78 Å². The van der Waals surface area contributed by atoms with E-state index in [2.05, 4.69) is 21.8 Å². The summed E-state index contributed by atoms with van der Waals surface area (Å²) in [6.45, 7) is 0. The maximum atomic E-state index is 13.9. The van der Waals surface area contributed by atoms with Crippen molar-refractivity contribution >= 4 is 11.7 Å². The Morgan fingerprint density at radius 2 is 2.10 bits per heavy atom. The Bertz CT molecular complexity index is 906. The van der Waals surface area contributed by atoms with Gasteiger partial charge in [0.25, 0.3) is 0 Å². The number of carboxylic acids is 1. The van der Waals surface area contributed by atoms with Crippen LogP contribution in [0.5, 0.6) is 0 Å². The van der Waals surface area contributed by atoms with Gasteiger partial charge in [-0.15, -0.1) is 0 Å². The van der Waals surface area contributed by atoms with Crippen molar-refractivity contribution in [2.75, 3.05) is 0 Å². The number of benzene rings is 1. The van der Waals surface area contributed by atoms with E-state index in [1.54, 1.807) is 22.9 Å². The maximum Gasteiger partial charge on any atom is 0.338 e. The third-order valence-electron chi connectivity index (χ3n) is 2.84. The number of aromatic carboxylic acids is 1. The highest BCUT2D eigenvalue weighted by atomic mass is 19.1. The summed E-state index contributed by atoms with van der Waals surface area (Å²) in [5.41, 5.74) is 0.161. The summed E-state index contributed by atoms with van der Waals surface area (Å²) in [5, 5.41) is 8.87. The Morgan fingerprint density at radius 1 is 1.24 bits per heavy atom. The third kappa shape index (κ3) is 2.32. The molecule has 2 aromatic heterocycles. The monoisotopic (exact) mass is 281 g/mol. The molecule has 102 valence electrons. The molecule has 3 aromatic rings. The van der Waals surface area contributed by atoms with Gasteiger partial charge in [-0.2, -0.15) is 0 Å². The molecule has 0 aliphatic heterocycles. The lowest BCUT2D eigenvalue weighted by atomic mass is 10.1. The van der Waals surface area contributed by atoms with Gasteiger partial charge < -0.3 is 5.11 Å². The van der Waals surface area contributed by atoms with Crippen LogP contribution in [-0.2, 0) is 0 Å². The molecule has 0 saturated heterocycles. The van der Waals surface area contributed by atoms with Crippen molar-refractivity contribution in [1.29, 1.82) is 0 Å². The summed E-state index contributed by atoms with van der Waals surface area (Å²) in [6.07, 6.45) is 4.87. The lowest BCUT2D eigenvalue weighted by Crippen LogP contribution is -2.01. The molecule has 0 bridgehead atoms. The fraction of sp³-hybridized carbons (Fsp3) is 0. The van der Waals surface area contributed by atoms with Gasteiger partial charge in [-0.05, 0) is 24.1 Å².